The predicted molar refractivity (Wildman–Crippen MR) is 135 cm³/mol. The van der Waals surface area contributed by atoms with Crippen LogP contribution in [0.3, 0.4) is 0 Å². The number of carbonyl (C=O) groups excluding carboxylic acids is 1. The largest absolute Gasteiger partial charge is 0.356 e. The van der Waals surface area contributed by atoms with Crippen LogP contribution in [0, 0.1) is 17.2 Å². The van der Waals surface area contributed by atoms with Gasteiger partial charge in [-0.15, -0.1) is 0 Å². The number of alkyl halides is 1. The normalized spacial score (nSPS) is 23.7. The number of nitrogens with zero attached hydrogens (tertiary/aromatic N) is 5. The smallest absolute Gasteiger partial charge is 0.255 e. The second kappa shape index (κ2) is 8.28. The summed E-state index contributed by atoms with van der Waals surface area (Å²) in [6.07, 6.45) is 9.54. The van der Waals surface area contributed by atoms with Gasteiger partial charge in [0, 0.05) is 43.7 Å². The number of nitrogens with two attached hydrogens (primary N) is 1. The number of carbonyl (C=O) groups is 1. The quantitative estimate of drug-likeness (QED) is 0.591. The minimum absolute atomic E-state index is 0.0926. The Labute approximate surface area is 207 Å². The first kappa shape index (κ1) is 22.4. The highest BCUT2D eigenvalue weighted by Gasteiger charge is 2.45. The summed E-state index contributed by atoms with van der Waals surface area (Å²) in [6, 6.07) is 7.98. The summed E-state index contributed by atoms with van der Waals surface area (Å²) in [6.45, 7) is 1.52. The van der Waals surface area contributed by atoms with E-state index in [1.54, 1.807) is 29.1 Å². The number of aryl methyl sites for hydroxylation is 1. The van der Waals surface area contributed by atoms with Crippen LogP contribution in [0.2, 0.25) is 0 Å². The Balaban J connectivity index is 1.64. The maximum Gasteiger partial charge on any atom is 0.255 e. The highest BCUT2D eigenvalue weighted by atomic mass is 19.1. The van der Waals surface area contributed by atoms with Gasteiger partial charge in [-0.1, -0.05) is 24.3 Å². The molecule has 1 aliphatic carbocycles. The van der Waals surface area contributed by atoms with Crippen LogP contribution in [-0.4, -0.2) is 39.8 Å². The number of benzene rings is 1. The van der Waals surface area contributed by atoms with Crippen molar-refractivity contribution in [1.29, 1.82) is 5.26 Å². The molecule has 1 saturated heterocycles. The number of rotatable bonds is 3. The van der Waals surface area contributed by atoms with Crippen LogP contribution in [0.15, 0.2) is 48.7 Å². The standard InChI is InChI=1S/C27H26FN7O/c1-34-21-6-5-16(12-17(21)14-32-34)22-20-15-31-26(36)23(20)25(35-10-7-19(30)8-11-35)33-24(22)27(28)9-3-2-4-18(27)13-29/h2-6,9,12,14,18-19H,7-8,10-11,15,30H2,1H3,(H,31,36). The number of hydrogen-bond acceptors (Lipinski definition) is 6. The summed E-state index contributed by atoms with van der Waals surface area (Å²) >= 11 is 0. The summed E-state index contributed by atoms with van der Waals surface area (Å²) in [5.41, 5.74) is 7.50. The molecule has 2 unspecified atom stereocenters. The van der Waals surface area contributed by atoms with E-state index in [1.807, 2.05) is 30.1 Å². The molecule has 9 heteroatoms. The molecule has 36 heavy (non-hydrogen) atoms. The van der Waals surface area contributed by atoms with Crippen LogP contribution in [0.1, 0.15) is 34.5 Å². The Bertz CT molecular complexity index is 1490. The fourth-order valence-electron chi connectivity index (χ4n) is 5.52. The van der Waals surface area contributed by atoms with Gasteiger partial charge >= 0.3 is 0 Å². The van der Waals surface area contributed by atoms with E-state index in [-0.39, 0.29) is 24.2 Å². The van der Waals surface area contributed by atoms with E-state index in [9.17, 15) is 10.1 Å². The molecule has 0 saturated carbocycles. The lowest BCUT2D eigenvalue weighted by molar-refractivity contribution is 0.0965. The molecule has 3 aromatic rings. The summed E-state index contributed by atoms with van der Waals surface area (Å²) in [7, 11) is 1.86. The predicted octanol–water partition coefficient (Wildman–Crippen LogP) is 3.24. The average Bonchev–Trinajstić information content (AvgIpc) is 3.46. The summed E-state index contributed by atoms with van der Waals surface area (Å²) in [4.78, 5) is 20.0. The van der Waals surface area contributed by atoms with Crippen molar-refractivity contribution in [2.45, 2.75) is 31.1 Å². The van der Waals surface area contributed by atoms with E-state index in [2.05, 4.69) is 16.5 Å². The van der Waals surface area contributed by atoms with Crippen molar-refractivity contribution in [3.8, 4) is 17.2 Å². The fraction of sp³-hybridized carbons (Fsp3) is 0.333. The second-order valence-electron chi connectivity index (χ2n) is 9.68. The number of nitrogens with one attached hydrogen (secondary N) is 1. The molecular formula is C27H26FN7O. The molecule has 1 fully saturated rings. The van der Waals surface area contributed by atoms with Crippen molar-refractivity contribution < 1.29 is 9.18 Å². The zero-order valence-electron chi connectivity index (χ0n) is 19.9. The molecule has 2 atom stereocenters. The molecule has 0 bridgehead atoms. The Hall–Kier alpha value is -4.03. The van der Waals surface area contributed by atoms with E-state index in [1.165, 1.54) is 6.08 Å². The number of halogens is 1. The van der Waals surface area contributed by atoms with Crippen molar-refractivity contribution in [1.82, 2.24) is 20.1 Å². The van der Waals surface area contributed by atoms with E-state index in [0.29, 0.717) is 35.6 Å². The maximum atomic E-state index is 17.0. The second-order valence-corrected chi connectivity index (χ2v) is 9.68. The van der Waals surface area contributed by atoms with Crippen molar-refractivity contribution in [2.75, 3.05) is 18.0 Å². The first-order chi connectivity index (χ1) is 17.4. The molecule has 1 amide bonds. The van der Waals surface area contributed by atoms with Gasteiger partial charge in [-0.2, -0.15) is 10.4 Å². The number of amides is 1. The minimum Gasteiger partial charge on any atom is -0.356 e. The molecule has 8 nitrogen and oxygen atoms in total. The van der Waals surface area contributed by atoms with Crippen molar-refractivity contribution in [3.63, 3.8) is 0 Å². The van der Waals surface area contributed by atoms with Crippen LogP contribution in [0.25, 0.3) is 22.0 Å². The van der Waals surface area contributed by atoms with Crippen molar-refractivity contribution in [3.05, 3.63) is 65.5 Å². The molecular weight excluding hydrogens is 457 g/mol. The van der Waals surface area contributed by atoms with Gasteiger partial charge in [0.1, 0.15) is 11.7 Å². The number of pyridine rings is 1. The highest BCUT2D eigenvalue weighted by Crippen LogP contribution is 2.47. The SMILES string of the molecule is Cn1ncc2cc(-c3c(C4(F)C=CC=CC4C#N)nc(N4CCC(N)CC4)c4c3CNC4=O)ccc21. The van der Waals surface area contributed by atoms with Crippen LogP contribution in [0.4, 0.5) is 10.2 Å². The van der Waals surface area contributed by atoms with Gasteiger partial charge in [-0.05, 0) is 42.2 Å². The third-order valence-electron chi connectivity index (χ3n) is 7.52. The molecule has 4 heterocycles. The Kier molecular flexibility index (Phi) is 5.16. The van der Waals surface area contributed by atoms with Gasteiger partial charge in [0.25, 0.3) is 5.91 Å². The average molecular weight is 484 g/mol. The number of hydrogen-bond donors (Lipinski definition) is 2. The maximum absolute atomic E-state index is 17.0. The van der Waals surface area contributed by atoms with E-state index in [0.717, 1.165) is 29.3 Å². The van der Waals surface area contributed by atoms with Gasteiger partial charge in [-0.3, -0.25) is 9.48 Å². The molecule has 3 N–H and O–H groups in total. The van der Waals surface area contributed by atoms with Gasteiger partial charge in [0.05, 0.1) is 29.0 Å². The Morgan fingerprint density at radius 3 is 2.83 bits per heavy atom. The third kappa shape index (κ3) is 3.33. The topological polar surface area (TPSA) is 113 Å². The lowest BCUT2D eigenvalue weighted by atomic mass is 9.79. The zero-order chi connectivity index (χ0) is 25.0. The van der Waals surface area contributed by atoms with Crippen LogP contribution in [0.5, 0.6) is 0 Å². The lowest BCUT2D eigenvalue weighted by Crippen LogP contribution is -2.41. The molecule has 1 aromatic carbocycles. The number of fused-ring (bicyclic) bond motifs is 2. The number of anilines is 1. The minimum atomic E-state index is -2.16. The molecule has 3 aliphatic rings. The number of piperidine rings is 1. The summed E-state index contributed by atoms with van der Waals surface area (Å²) in [5, 5.41) is 18.0. The van der Waals surface area contributed by atoms with Gasteiger partial charge < -0.3 is 16.0 Å². The Morgan fingerprint density at radius 1 is 1.25 bits per heavy atom. The number of aromatic nitrogens is 3. The van der Waals surface area contributed by atoms with E-state index < -0.39 is 11.6 Å². The number of allylic oxidation sites excluding steroid dienone is 4. The monoisotopic (exact) mass is 483 g/mol. The van der Waals surface area contributed by atoms with Crippen LogP contribution < -0.4 is 16.0 Å². The molecule has 2 aromatic heterocycles. The summed E-state index contributed by atoms with van der Waals surface area (Å²) in [5.74, 6) is -0.812. The van der Waals surface area contributed by atoms with Gasteiger partial charge in [0.2, 0.25) is 0 Å². The molecule has 0 spiro atoms. The van der Waals surface area contributed by atoms with Gasteiger partial charge in [-0.25, -0.2) is 9.37 Å². The number of nitriles is 1. The Morgan fingerprint density at radius 2 is 2.06 bits per heavy atom. The zero-order valence-corrected chi connectivity index (χ0v) is 19.9. The van der Waals surface area contributed by atoms with Crippen molar-refractivity contribution in [2.24, 2.45) is 18.7 Å². The first-order valence-electron chi connectivity index (χ1n) is 12.1. The van der Waals surface area contributed by atoms with Crippen LogP contribution >= 0.6 is 0 Å². The molecule has 2 aliphatic heterocycles. The summed E-state index contributed by atoms with van der Waals surface area (Å²) < 4.78 is 18.8. The molecule has 182 valence electrons. The van der Waals surface area contributed by atoms with Gasteiger partial charge in [0.15, 0.2) is 5.67 Å². The molecule has 0 radical (unpaired) electrons. The highest BCUT2D eigenvalue weighted by molar-refractivity contribution is 6.05. The third-order valence-corrected chi connectivity index (χ3v) is 7.52. The lowest BCUT2D eigenvalue weighted by Gasteiger charge is -2.35. The fourth-order valence-corrected chi connectivity index (χ4v) is 5.52. The van der Waals surface area contributed by atoms with E-state index >= 15 is 4.39 Å². The first-order valence-corrected chi connectivity index (χ1v) is 12.1. The van der Waals surface area contributed by atoms with E-state index in [4.69, 9.17) is 10.7 Å². The molecule has 6 rings (SSSR count). The van der Waals surface area contributed by atoms with Crippen LogP contribution in [-0.2, 0) is 19.3 Å². The van der Waals surface area contributed by atoms with Crippen molar-refractivity contribution >= 4 is 22.6 Å².